The molecule has 1 aromatic carbocycles. The fraction of sp³-hybridized carbons (Fsp3) is 0.286. The summed E-state index contributed by atoms with van der Waals surface area (Å²) in [6, 6.07) is 5.72. The number of rotatable bonds is 4. The molecule has 0 radical (unpaired) electrons. The monoisotopic (exact) mass is 303 g/mol. The largest absolute Gasteiger partial charge is 0.464 e. The molecule has 0 unspecified atom stereocenters. The van der Waals surface area contributed by atoms with Crippen LogP contribution in [0.4, 0.5) is 11.5 Å². The minimum absolute atomic E-state index is 0.0106. The highest BCUT2D eigenvalue weighted by atomic mass is 16.5. The highest BCUT2D eigenvalue weighted by molar-refractivity contribution is 5.94. The van der Waals surface area contributed by atoms with Gasteiger partial charge in [0.2, 0.25) is 11.6 Å². The molecule has 2 aromatic rings. The Balaban J connectivity index is 2.13. The second-order valence-corrected chi connectivity index (χ2v) is 4.79. The van der Waals surface area contributed by atoms with Crippen molar-refractivity contribution in [3.05, 3.63) is 35.0 Å². The van der Waals surface area contributed by atoms with Crippen LogP contribution in [0.15, 0.2) is 18.2 Å². The van der Waals surface area contributed by atoms with Crippen LogP contribution in [-0.4, -0.2) is 34.0 Å². The fourth-order valence-electron chi connectivity index (χ4n) is 2.01. The van der Waals surface area contributed by atoms with Gasteiger partial charge in [0.25, 0.3) is 0 Å². The van der Waals surface area contributed by atoms with E-state index in [9.17, 15) is 9.59 Å². The summed E-state index contributed by atoms with van der Waals surface area (Å²) in [6.07, 6.45) is 0. The van der Waals surface area contributed by atoms with E-state index in [2.05, 4.69) is 20.4 Å². The number of nitrogen functional groups attached to an aromatic ring is 1. The van der Waals surface area contributed by atoms with Gasteiger partial charge in [0.05, 0.1) is 7.11 Å². The average Bonchev–Trinajstić information content (AvgIpc) is 2.83. The summed E-state index contributed by atoms with van der Waals surface area (Å²) in [5.74, 6) is -1.02. The van der Waals surface area contributed by atoms with Gasteiger partial charge in [-0.25, -0.2) is 9.48 Å². The van der Waals surface area contributed by atoms with Gasteiger partial charge in [-0.1, -0.05) is 23.4 Å². The Morgan fingerprint density at radius 1 is 1.32 bits per heavy atom. The molecule has 0 fully saturated rings. The van der Waals surface area contributed by atoms with E-state index in [4.69, 9.17) is 5.73 Å². The third-order valence-electron chi connectivity index (χ3n) is 3.19. The Kier molecular flexibility index (Phi) is 4.40. The molecular formula is C14H17N5O3. The number of nitrogens with two attached hydrogens (primary N) is 1. The SMILES string of the molecule is COC(=O)c1nnn(CC(=O)Nc2c(C)cccc2C)c1N. The van der Waals surface area contributed by atoms with E-state index < -0.39 is 5.97 Å². The number of aryl methyl sites for hydroxylation is 2. The smallest absolute Gasteiger partial charge is 0.362 e. The van der Waals surface area contributed by atoms with E-state index in [-0.39, 0.29) is 24.0 Å². The number of ether oxygens (including phenoxy) is 1. The van der Waals surface area contributed by atoms with Crippen LogP contribution in [-0.2, 0) is 16.1 Å². The van der Waals surface area contributed by atoms with Crippen molar-refractivity contribution in [3.8, 4) is 0 Å². The van der Waals surface area contributed by atoms with E-state index in [0.717, 1.165) is 21.5 Å². The first-order chi connectivity index (χ1) is 10.4. The molecule has 8 nitrogen and oxygen atoms in total. The van der Waals surface area contributed by atoms with Crippen molar-refractivity contribution in [1.82, 2.24) is 15.0 Å². The number of benzene rings is 1. The Bertz CT molecular complexity index is 703. The lowest BCUT2D eigenvalue weighted by molar-refractivity contribution is -0.116. The van der Waals surface area contributed by atoms with Gasteiger partial charge in [0.1, 0.15) is 6.54 Å². The minimum atomic E-state index is -0.695. The molecule has 2 rings (SSSR count). The Morgan fingerprint density at radius 2 is 1.95 bits per heavy atom. The van der Waals surface area contributed by atoms with Crippen molar-refractivity contribution in [2.75, 3.05) is 18.2 Å². The Morgan fingerprint density at radius 3 is 2.55 bits per heavy atom. The molecule has 0 saturated heterocycles. The second-order valence-electron chi connectivity index (χ2n) is 4.79. The summed E-state index contributed by atoms with van der Waals surface area (Å²) in [7, 11) is 1.22. The van der Waals surface area contributed by atoms with E-state index in [1.165, 1.54) is 7.11 Å². The van der Waals surface area contributed by atoms with Crippen molar-refractivity contribution in [1.29, 1.82) is 0 Å². The standard InChI is InChI=1S/C14H17N5O3/c1-8-5-4-6-9(2)11(8)16-10(20)7-19-13(15)12(17-18-19)14(21)22-3/h4-6H,7,15H2,1-3H3,(H,16,20). The fourth-order valence-corrected chi connectivity index (χ4v) is 2.01. The van der Waals surface area contributed by atoms with Gasteiger partial charge in [-0.05, 0) is 25.0 Å². The molecule has 1 heterocycles. The maximum absolute atomic E-state index is 12.1. The van der Waals surface area contributed by atoms with Crippen molar-refractivity contribution in [2.45, 2.75) is 20.4 Å². The third-order valence-corrected chi connectivity index (χ3v) is 3.19. The van der Waals surface area contributed by atoms with Crippen molar-refractivity contribution >= 4 is 23.4 Å². The quantitative estimate of drug-likeness (QED) is 0.812. The normalized spacial score (nSPS) is 10.3. The molecule has 22 heavy (non-hydrogen) atoms. The highest BCUT2D eigenvalue weighted by Crippen LogP contribution is 2.19. The number of para-hydroxylation sites is 1. The van der Waals surface area contributed by atoms with Crippen LogP contribution in [0.1, 0.15) is 21.6 Å². The first-order valence-electron chi connectivity index (χ1n) is 6.57. The van der Waals surface area contributed by atoms with Gasteiger partial charge in [-0.2, -0.15) is 0 Å². The predicted molar refractivity (Wildman–Crippen MR) is 80.3 cm³/mol. The zero-order valence-corrected chi connectivity index (χ0v) is 12.6. The third kappa shape index (κ3) is 3.05. The molecular weight excluding hydrogens is 286 g/mol. The zero-order valence-electron chi connectivity index (χ0n) is 12.6. The first-order valence-corrected chi connectivity index (χ1v) is 6.57. The number of methoxy groups -OCH3 is 1. The number of aromatic nitrogens is 3. The number of nitrogens with one attached hydrogen (secondary N) is 1. The number of nitrogens with zero attached hydrogens (tertiary/aromatic N) is 3. The minimum Gasteiger partial charge on any atom is -0.464 e. The first kappa shape index (κ1) is 15.5. The highest BCUT2D eigenvalue weighted by Gasteiger charge is 2.19. The van der Waals surface area contributed by atoms with Crippen molar-refractivity contribution in [3.63, 3.8) is 0 Å². The van der Waals surface area contributed by atoms with E-state index in [1.54, 1.807) is 0 Å². The molecule has 0 aliphatic carbocycles. The summed E-state index contributed by atoms with van der Waals surface area (Å²) < 4.78 is 5.68. The van der Waals surface area contributed by atoms with Crippen molar-refractivity contribution in [2.24, 2.45) is 0 Å². The van der Waals surface area contributed by atoms with E-state index in [1.807, 2.05) is 32.0 Å². The van der Waals surface area contributed by atoms with E-state index >= 15 is 0 Å². The van der Waals surface area contributed by atoms with Gasteiger partial charge in [0, 0.05) is 5.69 Å². The van der Waals surface area contributed by atoms with Gasteiger partial charge in [-0.15, -0.1) is 5.10 Å². The Hall–Kier alpha value is -2.90. The number of carbonyl (C=O) groups excluding carboxylic acids is 2. The molecule has 0 atom stereocenters. The molecule has 0 aliphatic heterocycles. The van der Waals surface area contributed by atoms with Gasteiger partial charge >= 0.3 is 5.97 Å². The lowest BCUT2D eigenvalue weighted by atomic mass is 10.1. The topological polar surface area (TPSA) is 112 Å². The molecule has 3 N–H and O–H groups in total. The summed E-state index contributed by atoms with van der Waals surface area (Å²) >= 11 is 0. The van der Waals surface area contributed by atoms with Crippen LogP contribution in [0, 0.1) is 13.8 Å². The maximum Gasteiger partial charge on any atom is 0.362 e. The maximum atomic E-state index is 12.1. The molecule has 0 aliphatic rings. The predicted octanol–water partition coefficient (Wildman–Crippen LogP) is 0.902. The molecule has 8 heteroatoms. The number of hydrogen-bond acceptors (Lipinski definition) is 6. The molecule has 0 spiro atoms. The van der Waals surface area contributed by atoms with Crippen LogP contribution in [0.5, 0.6) is 0 Å². The van der Waals surface area contributed by atoms with Crippen LogP contribution in [0.25, 0.3) is 0 Å². The van der Waals surface area contributed by atoms with E-state index in [0.29, 0.717) is 0 Å². The Labute approximate surface area is 127 Å². The van der Waals surface area contributed by atoms with Gasteiger partial charge < -0.3 is 15.8 Å². The van der Waals surface area contributed by atoms with Gasteiger partial charge in [-0.3, -0.25) is 4.79 Å². The lowest BCUT2D eigenvalue weighted by Gasteiger charge is -2.11. The van der Waals surface area contributed by atoms with Crippen LogP contribution < -0.4 is 11.1 Å². The second kappa shape index (κ2) is 6.25. The number of anilines is 2. The zero-order chi connectivity index (χ0) is 16.3. The average molecular weight is 303 g/mol. The molecule has 0 saturated carbocycles. The van der Waals surface area contributed by atoms with Crippen LogP contribution in [0.3, 0.4) is 0 Å². The van der Waals surface area contributed by atoms with Crippen LogP contribution >= 0.6 is 0 Å². The molecule has 0 bridgehead atoms. The number of amides is 1. The number of esters is 1. The van der Waals surface area contributed by atoms with Crippen LogP contribution in [0.2, 0.25) is 0 Å². The molecule has 1 amide bonds. The summed E-state index contributed by atoms with van der Waals surface area (Å²) in [6.45, 7) is 3.66. The van der Waals surface area contributed by atoms with Gasteiger partial charge in [0.15, 0.2) is 5.82 Å². The molecule has 116 valence electrons. The number of carbonyl (C=O) groups is 2. The summed E-state index contributed by atoms with van der Waals surface area (Å²) in [5, 5.41) is 10.1. The summed E-state index contributed by atoms with van der Waals surface area (Å²) in [4.78, 5) is 23.5. The number of hydrogen-bond donors (Lipinski definition) is 2. The summed E-state index contributed by atoms with van der Waals surface area (Å²) in [5.41, 5.74) is 8.29. The lowest BCUT2D eigenvalue weighted by Crippen LogP contribution is -2.22. The molecule has 1 aromatic heterocycles. The van der Waals surface area contributed by atoms with Crippen molar-refractivity contribution < 1.29 is 14.3 Å².